The first kappa shape index (κ1) is 11.5. The van der Waals surface area contributed by atoms with E-state index < -0.39 is 11.6 Å². The van der Waals surface area contributed by atoms with Gasteiger partial charge in [-0.1, -0.05) is 5.16 Å². The number of aliphatic carboxylic acids is 1. The number of hydrogen-bond acceptors (Lipinski definition) is 7. The van der Waals surface area contributed by atoms with Gasteiger partial charge in [0.1, 0.15) is 5.69 Å². The highest BCUT2D eigenvalue weighted by atomic mass is 32.1. The lowest BCUT2D eigenvalue weighted by Gasteiger charge is -2.06. The van der Waals surface area contributed by atoms with Gasteiger partial charge in [-0.25, -0.2) is 9.78 Å². The Morgan fingerprint density at radius 2 is 2.41 bits per heavy atom. The SMILES string of the molecule is Nc1nc(C(C=O)=NOC2(C(=O)O)CC2)cs1. The van der Waals surface area contributed by atoms with Gasteiger partial charge in [-0.2, -0.15) is 0 Å². The zero-order valence-corrected chi connectivity index (χ0v) is 9.44. The van der Waals surface area contributed by atoms with Gasteiger partial charge in [0.15, 0.2) is 17.1 Å². The molecule has 17 heavy (non-hydrogen) atoms. The maximum absolute atomic E-state index is 10.8. The van der Waals surface area contributed by atoms with Crippen molar-refractivity contribution in [2.45, 2.75) is 18.4 Å². The smallest absolute Gasteiger partial charge is 0.350 e. The molecule has 0 radical (unpaired) electrons. The number of anilines is 1. The van der Waals surface area contributed by atoms with Crippen molar-refractivity contribution in [3.8, 4) is 0 Å². The largest absolute Gasteiger partial charge is 0.478 e. The van der Waals surface area contributed by atoms with Gasteiger partial charge in [-0.15, -0.1) is 11.3 Å². The minimum absolute atomic E-state index is 0.0644. The zero-order chi connectivity index (χ0) is 12.5. The van der Waals surface area contributed by atoms with Gasteiger partial charge in [-0.05, 0) is 0 Å². The monoisotopic (exact) mass is 255 g/mol. The van der Waals surface area contributed by atoms with E-state index in [2.05, 4.69) is 10.1 Å². The number of nitrogens with zero attached hydrogens (tertiary/aromatic N) is 2. The predicted octanol–water partition coefficient (Wildman–Crippen LogP) is 0.262. The average molecular weight is 255 g/mol. The molecule has 1 heterocycles. The number of carbonyl (C=O) groups is 2. The molecule has 2 rings (SSSR count). The number of carboxylic acids is 1. The first-order valence-electron chi connectivity index (χ1n) is 4.73. The maximum atomic E-state index is 10.8. The summed E-state index contributed by atoms with van der Waals surface area (Å²) in [5, 5.41) is 14.2. The topological polar surface area (TPSA) is 115 Å². The van der Waals surface area contributed by atoms with Gasteiger partial charge in [-0.3, -0.25) is 4.79 Å². The van der Waals surface area contributed by atoms with Gasteiger partial charge in [0.25, 0.3) is 0 Å². The van der Waals surface area contributed by atoms with Gasteiger partial charge in [0, 0.05) is 18.2 Å². The molecule has 0 saturated heterocycles. The molecule has 8 heteroatoms. The summed E-state index contributed by atoms with van der Waals surface area (Å²) in [4.78, 5) is 30.4. The van der Waals surface area contributed by atoms with Gasteiger partial charge in [0.2, 0.25) is 5.60 Å². The van der Waals surface area contributed by atoms with Crippen LogP contribution in [0.25, 0.3) is 0 Å². The van der Waals surface area contributed by atoms with Crippen molar-refractivity contribution in [1.82, 2.24) is 4.98 Å². The van der Waals surface area contributed by atoms with Crippen molar-refractivity contribution in [2.75, 3.05) is 5.73 Å². The van der Waals surface area contributed by atoms with Crippen molar-refractivity contribution in [3.05, 3.63) is 11.1 Å². The molecule has 1 aromatic heterocycles. The fourth-order valence-corrected chi connectivity index (χ4v) is 1.69. The predicted molar refractivity (Wildman–Crippen MR) is 59.8 cm³/mol. The molecule has 0 atom stereocenters. The normalized spacial score (nSPS) is 17.5. The van der Waals surface area contributed by atoms with Crippen molar-refractivity contribution in [2.24, 2.45) is 5.16 Å². The third-order valence-electron chi connectivity index (χ3n) is 2.31. The molecule has 1 aliphatic carbocycles. The number of rotatable bonds is 5. The summed E-state index contributed by atoms with van der Waals surface area (Å²) in [6.07, 6.45) is 1.22. The zero-order valence-electron chi connectivity index (χ0n) is 8.62. The van der Waals surface area contributed by atoms with Gasteiger partial charge in [0.05, 0.1) is 0 Å². The quantitative estimate of drug-likeness (QED) is 0.443. The molecular weight excluding hydrogens is 246 g/mol. The number of nitrogen functional groups attached to an aromatic ring is 1. The van der Waals surface area contributed by atoms with Crippen LogP contribution in [0.5, 0.6) is 0 Å². The highest BCUT2D eigenvalue weighted by molar-refractivity contribution is 7.13. The average Bonchev–Trinajstić information content (AvgIpc) is 2.97. The maximum Gasteiger partial charge on any atom is 0.350 e. The Labute approximate surface area is 99.9 Å². The second-order valence-electron chi connectivity index (χ2n) is 3.56. The number of carboxylic acid groups (broad SMARTS) is 1. The lowest BCUT2D eigenvalue weighted by Crippen LogP contribution is -2.24. The fraction of sp³-hybridized carbons (Fsp3) is 0.333. The van der Waals surface area contributed by atoms with Crippen LogP contribution in [0.3, 0.4) is 0 Å². The van der Waals surface area contributed by atoms with E-state index in [1.165, 1.54) is 0 Å². The molecular formula is C9H9N3O4S. The van der Waals surface area contributed by atoms with Gasteiger partial charge >= 0.3 is 5.97 Å². The van der Waals surface area contributed by atoms with E-state index in [0.29, 0.717) is 24.3 Å². The third-order valence-corrected chi connectivity index (χ3v) is 2.98. The van der Waals surface area contributed by atoms with E-state index in [0.717, 1.165) is 11.3 Å². The van der Waals surface area contributed by atoms with E-state index in [9.17, 15) is 9.59 Å². The Balaban J connectivity index is 2.14. The Morgan fingerprint density at radius 1 is 1.71 bits per heavy atom. The molecule has 0 amide bonds. The van der Waals surface area contributed by atoms with Crippen molar-refractivity contribution in [1.29, 1.82) is 0 Å². The second-order valence-corrected chi connectivity index (χ2v) is 4.45. The van der Waals surface area contributed by atoms with Crippen LogP contribution in [-0.4, -0.2) is 33.7 Å². The number of hydrogen-bond donors (Lipinski definition) is 2. The first-order chi connectivity index (χ1) is 8.07. The standard InChI is InChI=1S/C9H9N3O4S/c10-8-11-6(4-17-8)5(3-13)12-16-9(1-2-9)7(14)15/h3-4H,1-2H2,(H2,10,11)(H,14,15). The summed E-state index contributed by atoms with van der Waals surface area (Å²) in [6.45, 7) is 0. The Bertz CT molecular complexity index is 492. The van der Waals surface area contributed by atoms with E-state index in [1.54, 1.807) is 5.38 Å². The molecule has 3 N–H and O–H groups in total. The summed E-state index contributed by atoms with van der Waals surface area (Å²) in [5.41, 5.74) is 4.36. The minimum atomic E-state index is -1.27. The third kappa shape index (κ3) is 2.26. The minimum Gasteiger partial charge on any atom is -0.478 e. The van der Waals surface area contributed by atoms with Crippen molar-refractivity contribution in [3.63, 3.8) is 0 Å². The summed E-state index contributed by atoms with van der Waals surface area (Å²) in [6, 6.07) is 0. The second kappa shape index (κ2) is 4.13. The van der Waals surface area contributed by atoms with Crippen LogP contribution in [-0.2, 0) is 14.4 Å². The number of thiazole rings is 1. The van der Waals surface area contributed by atoms with E-state index in [-0.39, 0.29) is 11.4 Å². The van der Waals surface area contributed by atoms with Gasteiger partial charge < -0.3 is 15.7 Å². The molecule has 7 nitrogen and oxygen atoms in total. The van der Waals surface area contributed by atoms with Crippen LogP contribution in [0.1, 0.15) is 18.5 Å². The fourth-order valence-electron chi connectivity index (χ4n) is 1.13. The molecule has 1 fully saturated rings. The highest BCUT2D eigenvalue weighted by Gasteiger charge is 2.54. The Kier molecular flexibility index (Phi) is 2.80. The Hall–Kier alpha value is -1.96. The number of carbonyl (C=O) groups excluding carboxylic acids is 1. The molecule has 0 aliphatic heterocycles. The van der Waals surface area contributed by atoms with E-state index >= 15 is 0 Å². The number of oxime groups is 1. The van der Waals surface area contributed by atoms with E-state index in [1.807, 2.05) is 0 Å². The first-order valence-corrected chi connectivity index (χ1v) is 5.61. The molecule has 1 aliphatic rings. The van der Waals surface area contributed by atoms with Crippen LogP contribution in [0.4, 0.5) is 5.13 Å². The molecule has 0 unspecified atom stereocenters. The van der Waals surface area contributed by atoms with Crippen LogP contribution in [0, 0.1) is 0 Å². The molecule has 1 saturated carbocycles. The molecule has 0 bridgehead atoms. The van der Waals surface area contributed by atoms with Crippen LogP contribution >= 0.6 is 11.3 Å². The highest BCUT2D eigenvalue weighted by Crippen LogP contribution is 2.40. The van der Waals surface area contributed by atoms with Crippen LogP contribution in [0.2, 0.25) is 0 Å². The molecule has 90 valence electrons. The van der Waals surface area contributed by atoms with E-state index in [4.69, 9.17) is 15.7 Å². The number of nitrogens with two attached hydrogens (primary N) is 1. The molecule has 0 spiro atoms. The summed E-state index contributed by atoms with van der Waals surface area (Å²) < 4.78 is 0. The molecule has 1 aromatic rings. The lowest BCUT2D eigenvalue weighted by molar-refractivity contribution is -0.153. The Morgan fingerprint density at radius 3 is 2.82 bits per heavy atom. The summed E-state index contributed by atoms with van der Waals surface area (Å²) >= 11 is 1.16. The van der Waals surface area contributed by atoms with Crippen molar-refractivity contribution >= 4 is 34.4 Å². The lowest BCUT2D eigenvalue weighted by atomic mass is 10.3. The summed E-state index contributed by atoms with van der Waals surface area (Å²) in [7, 11) is 0. The van der Waals surface area contributed by atoms with Crippen molar-refractivity contribution < 1.29 is 19.5 Å². The number of aldehydes is 1. The number of aromatic nitrogens is 1. The summed E-state index contributed by atoms with van der Waals surface area (Å²) in [5.74, 6) is -1.08. The van der Waals surface area contributed by atoms with Crippen LogP contribution in [0.15, 0.2) is 10.5 Å². The van der Waals surface area contributed by atoms with Crippen LogP contribution < -0.4 is 5.73 Å². The molecule has 0 aromatic carbocycles.